The Balaban J connectivity index is 2.27. The highest BCUT2D eigenvalue weighted by Crippen LogP contribution is 2.08. The number of benzene rings is 1. The number of likely N-dealkylation sites (N-methyl/N-ethyl adjacent to an activating group) is 1. The Morgan fingerprint density at radius 3 is 2.50 bits per heavy atom. The average molecular weight is 195 g/mol. The molecule has 0 aromatic heterocycles. The SMILES string of the molecule is CN(C)CC(O)COc1ccccc1. The van der Waals surface area contributed by atoms with Crippen molar-refractivity contribution in [3.63, 3.8) is 0 Å². The van der Waals surface area contributed by atoms with Crippen LogP contribution in [0.1, 0.15) is 0 Å². The van der Waals surface area contributed by atoms with Crippen molar-refractivity contribution in [2.75, 3.05) is 27.2 Å². The number of hydrogen-bond donors (Lipinski definition) is 1. The number of ether oxygens (including phenoxy) is 1. The highest BCUT2D eigenvalue weighted by atomic mass is 16.5. The average Bonchev–Trinajstić information content (AvgIpc) is 2.15. The summed E-state index contributed by atoms with van der Waals surface area (Å²) in [5.41, 5.74) is 0. The molecule has 0 heterocycles. The summed E-state index contributed by atoms with van der Waals surface area (Å²) < 4.78 is 5.39. The summed E-state index contributed by atoms with van der Waals surface area (Å²) in [5, 5.41) is 9.51. The van der Waals surface area contributed by atoms with Gasteiger partial charge in [0.1, 0.15) is 18.5 Å². The zero-order chi connectivity index (χ0) is 10.4. The lowest BCUT2D eigenvalue weighted by atomic mass is 10.3. The van der Waals surface area contributed by atoms with Gasteiger partial charge in [0.2, 0.25) is 0 Å². The molecule has 14 heavy (non-hydrogen) atoms. The van der Waals surface area contributed by atoms with E-state index in [-0.39, 0.29) is 0 Å². The van der Waals surface area contributed by atoms with Crippen LogP contribution in [0.4, 0.5) is 0 Å². The number of para-hydroxylation sites is 1. The molecule has 1 unspecified atom stereocenters. The van der Waals surface area contributed by atoms with Gasteiger partial charge >= 0.3 is 0 Å². The van der Waals surface area contributed by atoms with E-state index in [4.69, 9.17) is 4.74 Å². The molecule has 1 rings (SSSR count). The molecule has 3 nitrogen and oxygen atoms in total. The van der Waals surface area contributed by atoms with Crippen molar-refractivity contribution in [1.82, 2.24) is 4.90 Å². The molecule has 0 aliphatic carbocycles. The van der Waals surface area contributed by atoms with Crippen LogP contribution in [0.5, 0.6) is 5.75 Å². The fourth-order valence-corrected chi connectivity index (χ4v) is 1.18. The summed E-state index contributed by atoms with van der Waals surface area (Å²) >= 11 is 0. The van der Waals surface area contributed by atoms with Crippen LogP contribution in [0.3, 0.4) is 0 Å². The summed E-state index contributed by atoms with van der Waals surface area (Å²) in [5.74, 6) is 0.797. The lowest BCUT2D eigenvalue weighted by Crippen LogP contribution is -2.30. The number of nitrogens with zero attached hydrogens (tertiary/aromatic N) is 1. The molecule has 1 N–H and O–H groups in total. The van der Waals surface area contributed by atoms with Gasteiger partial charge in [0, 0.05) is 6.54 Å². The van der Waals surface area contributed by atoms with Crippen molar-refractivity contribution in [1.29, 1.82) is 0 Å². The van der Waals surface area contributed by atoms with Gasteiger partial charge < -0.3 is 14.7 Å². The molecule has 1 atom stereocenters. The maximum atomic E-state index is 9.51. The fourth-order valence-electron chi connectivity index (χ4n) is 1.18. The first-order valence-corrected chi connectivity index (χ1v) is 4.69. The lowest BCUT2D eigenvalue weighted by Gasteiger charge is -2.16. The van der Waals surface area contributed by atoms with Gasteiger partial charge in [-0.3, -0.25) is 0 Å². The molecule has 0 saturated heterocycles. The summed E-state index contributed by atoms with van der Waals surface area (Å²) in [4.78, 5) is 1.93. The van der Waals surface area contributed by atoms with E-state index in [1.807, 2.05) is 49.3 Å². The second-order valence-electron chi connectivity index (χ2n) is 3.54. The molecule has 0 radical (unpaired) electrons. The predicted octanol–water partition coefficient (Wildman–Crippen LogP) is 0.988. The largest absolute Gasteiger partial charge is 0.491 e. The van der Waals surface area contributed by atoms with Crippen LogP contribution in [-0.2, 0) is 0 Å². The van der Waals surface area contributed by atoms with Gasteiger partial charge in [-0.25, -0.2) is 0 Å². The summed E-state index contributed by atoms with van der Waals surface area (Å²) in [6, 6.07) is 9.51. The molecule has 0 amide bonds. The first-order chi connectivity index (χ1) is 6.68. The minimum atomic E-state index is -0.440. The van der Waals surface area contributed by atoms with E-state index < -0.39 is 6.10 Å². The third-order valence-electron chi connectivity index (χ3n) is 1.76. The van der Waals surface area contributed by atoms with E-state index in [1.54, 1.807) is 0 Å². The third-order valence-corrected chi connectivity index (χ3v) is 1.76. The molecule has 0 bridgehead atoms. The van der Waals surface area contributed by atoms with E-state index in [1.165, 1.54) is 0 Å². The fraction of sp³-hybridized carbons (Fsp3) is 0.455. The van der Waals surface area contributed by atoms with Gasteiger partial charge in [-0.1, -0.05) is 18.2 Å². The number of aliphatic hydroxyl groups is 1. The normalized spacial score (nSPS) is 12.9. The third kappa shape index (κ3) is 4.25. The quantitative estimate of drug-likeness (QED) is 0.760. The Hall–Kier alpha value is -1.06. The standard InChI is InChI=1S/C11H17NO2/c1-12(2)8-10(13)9-14-11-6-4-3-5-7-11/h3-7,10,13H,8-9H2,1-2H3. The van der Waals surface area contributed by atoms with Crippen molar-refractivity contribution in [2.45, 2.75) is 6.10 Å². The lowest BCUT2D eigenvalue weighted by molar-refractivity contribution is 0.0831. The topological polar surface area (TPSA) is 32.7 Å². The van der Waals surface area contributed by atoms with Crippen LogP contribution < -0.4 is 4.74 Å². The van der Waals surface area contributed by atoms with Crippen molar-refractivity contribution in [3.8, 4) is 5.75 Å². The highest BCUT2D eigenvalue weighted by Gasteiger charge is 2.05. The van der Waals surface area contributed by atoms with Crippen molar-refractivity contribution in [2.24, 2.45) is 0 Å². The smallest absolute Gasteiger partial charge is 0.119 e. The first-order valence-electron chi connectivity index (χ1n) is 4.69. The predicted molar refractivity (Wildman–Crippen MR) is 56.5 cm³/mol. The zero-order valence-corrected chi connectivity index (χ0v) is 8.68. The minimum absolute atomic E-state index is 0.336. The van der Waals surface area contributed by atoms with Crippen LogP contribution in [0.25, 0.3) is 0 Å². The van der Waals surface area contributed by atoms with Crippen LogP contribution in [0, 0.1) is 0 Å². The van der Waals surface area contributed by atoms with E-state index in [9.17, 15) is 5.11 Å². The van der Waals surface area contributed by atoms with Crippen molar-refractivity contribution in [3.05, 3.63) is 30.3 Å². The summed E-state index contributed by atoms with van der Waals surface area (Å²) in [7, 11) is 3.84. The summed E-state index contributed by atoms with van der Waals surface area (Å²) in [6.45, 7) is 0.953. The van der Waals surface area contributed by atoms with E-state index in [0.29, 0.717) is 13.2 Å². The second-order valence-corrected chi connectivity index (χ2v) is 3.54. The molecule has 3 heteroatoms. The molecule has 78 valence electrons. The Bertz CT molecular complexity index is 249. The van der Waals surface area contributed by atoms with Gasteiger partial charge in [-0.2, -0.15) is 0 Å². The van der Waals surface area contributed by atoms with Gasteiger partial charge in [-0.15, -0.1) is 0 Å². The highest BCUT2D eigenvalue weighted by molar-refractivity contribution is 5.20. The van der Waals surface area contributed by atoms with E-state index in [2.05, 4.69) is 0 Å². The van der Waals surface area contributed by atoms with E-state index >= 15 is 0 Å². The van der Waals surface area contributed by atoms with Crippen LogP contribution in [0.15, 0.2) is 30.3 Å². The monoisotopic (exact) mass is 195 g/mol. The molecule has 0 saturated carbocycles. The minimum Gasteiger partial charge on any atom is -0.491 e. The molecule has 0 aliphatic rings. The Kier molecular flexibility index (Phi) is 4.43. The summed E-state index contributed by atoms with van der Waals surface area (Å²) in [6.07, 6.45) is -0.440. The number of hydrogen-bond acceptors (Lipinski definition) is 3. The second kappa shape index (κ2) is 5.62. The first kappa shape index (κ1) is 11.0. The van der Waals surface area contributed by atoms with Crippen molar-refractivity contribution < 1.29 is 9.84 Å². The maximum absolute atomic E-state index is 9.51. The van der Waals surface area contributed by atoms with Gasteiger partial charge in [0.15, 0.2) is 0 Å². The van der Waals surface area contributed by atoms with Crippen LogP contribution >= 0.6 is 0 Å². The molecule has 0 spiro atoms. The van der Waals surface area contributed by atoms with Gasteiger partial charge in [0.25, 0.3) is 0 Å². The van der Waals surface area contributed by atoms with Gasteiger partial charge in [-0.05, 0) is 26.2 Å². The van der Waals surface area contributed by atoms with Gasteiger partial charge in [0.05, 0.1) is 0 Å². The Morgan fingerprint density at radius 2 is 1.93 bits per heavy atom. The molecule has 0 aliphatic heterocycles. The molecular weight excluding hydrogens is 178 g/mol. The van der Waals surface area contributed by atoms with E-state index in [0.717, 1.165) is 5.75 Å². The number of rotatable bonds is 5. The van der Waals surface area contributed by atoms with Crippen LogP contribution in [-0.4, -0.2) is 43.4 Å². The van der Waals surface area contributed by atoms with Crippen molar-refractivity contribution >= 4 is 0 Å². The Labute approximate surface area is 84.9 Å². The van der Waals surface area contributed by atoms with Crippen LogP contribution in [0.2, 0.25) is 0 Å². The molecular formula is C11H17NO2. The zero-order valence-electron chi connectivity index (χ0n) is 8.68. The molecule has 1 aromatic rings. The Morgan fingerprint density at radius 1 is 1.29 bits per heavy atom. The molecule has 1 aromatic carbocycles. The number of aliphatic hydroxyl groups excluding tert-OH is 1. The molecule has 0 fully saturated rings. The maximum Gasteiger partial charge on any atom is 0.119 e.